The van der Waals surface area contributed by atoms with Crippen LogP contribution < -0.4 is 10.6 Å². The Kier molecular flexibility index (Phi) is 7.54. The third kappa shape index (κ3) is 8.21. The van der Waals surface area contributed by atoms with Gasteiger partial charge in [-0.2, -0.15) is 0 Å². The van der Waals surface area contributed by atoms with Crippen LogP contribution in [-0.2, 0) is 27.4 Å². The third-order valence-corrected chi connectivity index (χ3v) is 2.83. The molecule has 0 aromatic heterocycles. The van der Waals surface area contributed by atoms with Gasteiger partial charge in [0, 0.05) is 13.1 Å². The van der Waals surface area contributed by atoms with E-state index in [0.29, 0.717) is 19.7 Å². The minimum absolute atomic E-state index is 0.154. The number of rotatable bonds is 7. The van der Waals surface area contributed by atoms with Crippen molar-refractivity contribution in [1.29, 1.82) is 0 Å². The molecule has 0 bridgehead atoms. The van der Waals surface area contributed by atoms with Crippen LogP contribution in [0.5, 0.6) is 0 Å². The number of esters is 1. The standard InChI is InChI=1S/C17H26N2O4/c1-5-22-15(20)12-18-10-13-8-6-7-9-14(13)11-19-16(21)23-17(2,3)4/h6-9,18H,5,10-12H2,1-4H3,(H,19,21). The molecular formula is C17H26N2O4. The lowest BCUT2D eigenvalue weighted by atomic mass is 10.1. The number of hydrogen-bond acceptors (Lipinski definition) is 5. The average molecular weight is 322 g/mol. The normalized spacial score (nSPS) is 11.0. The summed E-state index contributed by atoms with van der Waals surface area (Å²) < 4.78 is 10.1. The summed E-state index contributed by atoms with van der Waals surface area (Å²) in [6.07, 6.45) is -0.452. The number of benzene rings is 1. The van der Waals surface area contributed by atoms with Gasteiger partial charge in [0.25, 0.3) is 0 Å². The van der Waals surface area contributed by atoms with E-state index in [1.54, 1.807) is 6.92 Å². The molecular weight excluding hydrogens is 296 g/mol. The maximum absolute atomic E-state index is 11.7. The second kappa shape index (κ2) is 9.15. The van der Waals surface area contributed by atoms with E-state index in [0.717, 1.165) is 11.1 Å². The van der Waals surface area contributed by atoms with Crippen LogP contribution in [-0.4, -0.2) is 30.8 Å². The first kappa shape index (κ1) is 19.0. The van der Waals surface area contributed by atoms with Gasteiger partial charge in [0.1, 0.15) is 5.60 Å². The molecule has 0 heterocycles. The van der Waals surface area contributed by atoms with Crippen molar-refractivity contribution in [1.82, 2.24) is 10.6 Å². The van der Waals surface area contributed by atoms with Gasteiger partial charge in [-0.25, -0.2) is 4.79 Å². The maximum Gasteiger partial charge on any atom is 0.407 e. The summed E-state index contributed by atoms with van der Waals surface area (Å²) in [6, 6.07) is 7.70. The maximum atomic E-state index is 11.7. The van der Waals surface area contributed by atoms with E-state index in [1.807, 2.05) is 45.0 Å². The highest BCUT2D eigenvalue weighted by molar-refractivity contribution is 5.71. The van der Waals surface area contributed by atoms with Gasteiger partial charge in [0.05, 0.1) is 13.2 Å². The molecule has 0 saturated heterocycles. The van der Waals surface area contributed by atoms with Crippen LogP contribution in [0.25, 0.3) is 0 Å². The first-order valence-electron chi connectivity index (χ1n) is 7.72. The van der Waals surface area contributed by atoms with Crippen molar-refractivity contribution < 1.29 is 19.1 Å². The molecule has 1 aromatic rings. The summed E-state index contributed by atoms with van der Waals surface area (Å²) in [7, 11) is 0. The topological polar surface area (TPSA) is 76.7 Å². The van der Waals surface area contributed by atoms with Crippen LogP contribution in [0.2, 0.25) is 0 Å². The van der Waals surface area contributed by atoms with E-state index in [4.69, 9.17) is 9.47 Å². The van der Waals surface area contributed by atoms with Crippen LogP contribution in [0.1, 0.15) is 38.8 Å². The highest BCUT2D eigenvalue weighted by atomic mass is 16.6. The minimum atomic E-state index is -0.523. The molecule has 2 N–H and O–H groups in total. The predicted octanol–water partition coefficient (Wildman–Crippen LogP) is 2.36. The van der Waals surface area contributed by atoms with Crippen molar-refractivity contribution in [2.24, 2.45) is 0 Å². The monoisotopic (exact) mass is 322 g/mol. The third-order valence-electron chi connectivity index (χ3n) is 2.83. The molecule has 0 unspecified atom stereocenters. The Morgan fingerprint density at radius 2 is 1.70 bits per heavy atom. The van der Waals surface area contributed by atoms with Crippen LogP contribution >= 0.6 is 0 Å². The van der Waals surface area contributed by atoms with Crippen molar-refractivity contribution >= 4 is 12.1 Å². The number of ether oxygens (including phenoxy) is 2. The van der Waals surface area contributed by atoms with E-state index in [-0.39, 0.29) is 12.5 Å². The Labute approximate surface area is 137 Å². The first-order chi connectivity index (χ1) is 10.8. The molecule has 1 aromatic carbocycles. The average Bonchev–Trinajstić information content (AvgIpc) is 2.45. The van der Waals surface area contributed by atoms with Crippen molar-refractivity contribution in [3.05, 3.63) is 35.4 Å². The van der Waals surface area contributed by atoms with E-state index in [1.165, 1.54) is 0 Å². The van der Waals surface area contributed by atoms with E-state index >= 15 is 0 Å². The zero-order chi connectivity index (χ0) is 17.3. The van der Waals surface area contributed by atoms with E-state index in [2.05, 4.69) is 10.6 Å². The van der Waals surface area contributed by atoms with Crippen LogP contribution in [0.3, 0.4) is 0 Å². The molecule has 6 nitrogen and oxygen atoms in total. The molecule has 128 valence electrons. The summed E-state index contributed by atoms with van der Waals surface area (Å²) in [6.45, 7) is 8.64. The summed E-state index contributed by atoms with van der Waals surface area (Å²) in [4.78, 5) is 23.0. The van der Waals surface area contributed by atoms with Gasteiger partial charge in [0.2, 0.25) is 0 Å². The Hall–Kier alpha value is -2.08. The van der Waals surface area contributed by atoms with E-state index in [9.17, 15) is 9.59 Å². The second-order valence-electron chi connectivity index (χ2n) is 6.03. The summed E-state index contributed by atoms with van der Waals surface area (Å²) in [5, 5.41) is 5.77. The van der Waals surface area contributed by atoms with Crippen molar-refractivity contribution in [3.63, 3.8) is 0 Å². The van der Waals surface area contributed by atoms with Gasteiger partial charge in [0.15, 0.2) is 0 Å². The van der Waals surface area contributed by atoms with Crippen LogP contribution in [0.4, 0.5) is 4.79 Å². The number of carbonyl (C=O) groups is 2. The quantitative estimate of drug-likeness (QED) is 0.754. The number of hydrogen-bond donors (Lipinski definition) is 2. The highest BCUT2D eigenvalue weighted by Crippen LogP contribution is 2.10. The summed E-state index contributed by atoms with van der Waals surface area (Å²) in [5.41, 5.74) is 1.45. The van der Waals surface area contributed by atoms with Crippen LogP contribution in [0, 0.1) is 0 Å². The number of alkyl carbamates (subject to hydrolysis) is 1. The minimum Gasteiger partial charge on any atom is -0.465 e. The fourth-order valence-corrected chi connectivity index (χ4v) is 1.90. The zero-order valence-corrected chi connectivity index (χ0v) is 14.3. The molecule has 0 aliphatic carbocycles. The zero-order valence-electron chi connectivity index (χ0n) is 14.3. The molecule has 0 aliphatic heterocycles. The molecule has 0 saturated carbocycles. The fraction of sp³-hybridized carbons (Fsp3) is 0.529. The van der Waals surface area contributed by atoms with Crippen LogP contribution in [0.15, 0.2) is 24.3 Å². The Morgan fingerprint density at radius 3 is 2.26 bits per heavy atom. The van der Waals surface area contributed by atoms with Crippen molar-refractivity contribution in [2.75, 3.05) is 13.2 Å². The van der Waals surface area contributed by atoms with Gasteiger partial charge < -0.3 is 20.1 Å². The fourth-order valence-electron chi connectivity index (χ4n) is 1.90. The Bertz CT molecular complexity index is 524. The van der Waals surface area contributed by atoms with Gasteiger partial charge in [-0.15, -0.1) is 0 Å². The molecule has 1 rings (SSSR count). The molecule has 0 fully saturated rings. The molecule has 0 spiro atoms. The van der Waals surface area contributed by atoms with Gasteiger partial charge >= 0.3 is 12.1 Å². The molecule has 0 radical (unpaired) electrons. The van der Waals surface area contributed by atoms with E-state index < -0.39 is 11.7 Å². The Morgan fingerprint density at radius 1 is 1.09 bits per heavy atom. The number of carbonyl (C=O) groups excluding carboxylic acids is 2. The lowest BCUT2D eigenvalue weighted by Gasteiger charge is -2.20. The lowest BCUT2D eigenvalue weighted by molar-refractivity contribution is -0.142. The van der Waals surface area contributed by atoms with Gasteiger partial charge in [-0.3, -0.25) is 4.79 Å². The predicted molar refractivity (Wildman–Crippen MR) is 87.9 cm³/mol. The number of nitrogens with one attached hydrogen (secondary N) is 2. The second-order valence-corrected chi connectivity index (χ2v) is 6.03. The molecule has 0 atom stereocenters. The smallest absolute Gasteiger partial charge is 0.407 e. The number of amides is 1. The molecule has 0 aliphatic rings. The van der Waals surface area contributed by atoms with Gasteiger partial charge in [-0.1, -0.05) is 24.3 Å². The highest BCUT2D eigenvalue weighted by Gasteiger charge is 2.16. The largest absolute Gasteiger partial charge is 0.465 e. The lowest BCUT2D eigenvalue weighted by Crippen LogP contribution is -2.32. The van der Waals surface area contributed by atoms with Crippen molar-refractivity contribution in [3.8, 4) is 0 Å². The summed E-state index contributed by atoms with van der Waals surface area (Å²) >= 11 is 0. The SMILES string of the molecule is CCOC(=O)CNCc1ccccc1CNC(=O)OC(C)(C)C. The molecule has 1 amide bonds. The molecule has 23 heavy (non-hydrogen) atoms. The molecule has 6 heteroatoms. The first-order valence-corrected chi connectivity index (χ1v) is 7.72. The Balaban J connectivity index is 2.50. The van der Waals surface area contributed by atoms with Gasteiger partial charge in [-0.05, 0) is 38.8 Å². The summed E-state index contributed by atoms with van der Waals surface area (Å²) in [5.74, 6) is -0.281. The van der Waals surface area contributed by atoms with Crippen molar-refractivity contribution in [2.45, 2.75) is 46.4 Å².